The van der Waals surface area contributed by atoms with Crippen LogP contribution in [0.2, 0.25) is 5.02 Å². The van der Waals surface area contributed by atoms with Crippen LogP contribution in [0.15, 0.2) is 18.2 Å². The number of carbonyl (C=O) groups excluding carboxylic acids is 4. The molecule has 144 valence electrons. The maximum atomic E-state index is 12.4. The molecule has 1 aliphatic heterocycles. The second-order valence-corrected chi connectivity index (χ2v) is 7.40. The van der Waals surface area contributed by atoms with Gasteiger partial charge >= 0.3 is 12.0 Å². The number of halogens is 1. The largest absolute Gasteiger partial charge is 0.454 e. The van der Waals surface area contributed by atoms with Gasteiger partial charge in [-0.25, -0.2) is 4.79 Å². The molecule has 1 saturated carbocycles. The average molecular weight is 394 g/mol. The summed E-state index contributed by atoms with van der Waals surface area (Å²) >= 11 is 5.86. The van der Waals surface area contributed by atoms with Gasteiger partial charge in [-0.05, 0) is 56.4 Å². The zero-order chi connectivity index (χ0) is 19.8. The predicted molar refractivity (Wildman–Crippen MR) is 97.2 cm³/mol. The van der Waals surface area contributed by atoms with E-state index in [1.54, 1.807) is 32.0 Å². The number of esters is 1. The highest BCUT2D eigenvalue weighted by Crippen LogP contribution is 2.42. The maximum Gasteiger partial charge on any atom is 0.326 e. The quantitative estimate of drug-likeness (QED) is 0.567. The summed E-state index contributed by atoms with van der Waals surface area (Å²) in [6, 6.07) is 4.35. The topological polar surface area (TPSA) is 105 Å². The van der Waals surface area contributed by atoms with Gasteiger partial charge in [-0.2, -0.15) is 0 Å². The first-order valence-corrected chi connectivity index (χ1v) is 8.94. The lowest BCUT2D eigenvalue weighted by Crippen LogP contribution is -2.46. The Hall–Kier alpha value is -2.61. The number of anilines is 1. The smallest absolute Gasteiger partial charge is 0.326 e. The molecular weight excluding hydrogens is 374 g/mol. The molecule has 27 heavy (non-hydrogen) atoms. The highest BCUT2D eigenvalue weighted by molar-refractivity contribution is 6.30. The number of nitrogens with zero attached hydrogens (tertiary/aromatic N) is 1. The summed E-state index contributed by atoms with van der Waals surface area (Å²) in [5.74, 6) is -1.70. The van der Waals surface area contributed by atoms with Gasteiger partial charge in [0.05, 0.1) is 0 Å². The zero-order valence-electron chi connectivity index (χ0n) is 15.0. The van der Waals surface area contributed by atoms with Crippen LogP contribution >= 0.6 is 11.6 Å². The lowest BCUT2D eigenvalue weighted by Gasteiger charge is -2.20. The molecule has 1 aromatic rings. The van der Waals surface area contributed by atoms with E-state index >= 15 is 0 Å². The number of aryl methyl sites for hydroxylation is 1. The van der Waals surface area contributed by atoms with E-state index in [0.717, 1.165) is 23.3 Å². The third-order valence-electron chi connectivity index (χ3n) is 4.81. The molecule has 1 saturated heterocycles. The second kappa shape index (κ2) is 7.19. The Morgan fingerprint density at radius 1 is 1.37 bits per heavy atom. The Morgan fingerprint density at radius 2 is 2.07 bits per heavy atom. The molecule has 0 bridgehead atoms. The monoisotopic (exact) mass is 393 g/mol. The van der Waals surface area contributed by atoms with Crippen molar-refractivity contribution in [2.24, 2.45) is 5.92 Å². The van der Waals surface area contributed by atoms with Crippen LogP contribution in [0.1, 0.15) is 25.3 Å². The van der Waals surface area contributed by atoms with Crippen LogP contribution < -0.4 is 10.6 Å². The van der Waals surface area contributed by atoms with E-state index in [4.69, 9.17) is 16.3 Å². The van der Waals surface area contributed by atoms with Gasteiger partial charge in [0.25, 0.3) is 11.8 Å². The summed E-state index contributed by atoms with van der Waals surface area (Å²) < 4.78 is 4.89. The summed E-state index contributed by atoms with van der Waals surface area (Å²) in [5.41, 5.74) is 0.358. The van der Waals surface area contributed by atoms with E-state index < -0.39 is 42.5 Å². The van der Waals surface area contributed by atoms with Gasteiger partial charge in [0, 0.05) is 10.7 Å². The predicted octanol–water partition coefficient (Wildman–Crippen LogP) is 1.85. The van der Waals surface area contributed by atoms with Crippen LogP contribution in [0.3, 0.4) is 0 Å². The Morgan fingerprint density at radius 3 is 2.70 bits per heavy atom. The fourth-order valence-electron chi connectivity index (χ4n) is 3.07. The number of imide groups is 1. The fourth-order valence-corrected chi connectivity index (χ4v) is 3.30. The fraction of sp³-hybridized carbons (Fsp3) is 0.444. The number of hydrogen-bond acceptors (Lipinski definition) is 5. The first-order chi connectivity index (χ1) is 12.7. The summed E-state index contributed by atoms with van der Waals surface area (Å²) in [6.07, 6.45) is 1.73. The van der Waals surface area contributed by atoms with Gasteiger partial charge in [0.2, 0.25) is 0 Å². The van der Waals surface area contributed by atoms with Gasteiger partial charge < -0.3 is 15.4 Å². The number of rotatable bonds is 6. The van der Waals surface area contributed by atoms with Crippen LogP contribution in [0.5, 0.6) is 0 Å². The Labute approximate surface area is 161 Å². The minimum absolute atomic E-state index is 0.100. The second-order valence-electron chi connectivity index (χ2n) is 6.97. The van der Waals surface area contributed by atoms with E-state index in [2.05, 4.69) is 10.6 Å². The molecule has 0 aromatic heterocycles. The number of carbonyl (C=O) groups is 4. The van der Waals surface area contributed by atoms with Crippen molar-refractivity contribution in [2.45, 2.75) is 32.2 Å². The van der Waals surface area contributed by atoms with Gasteiger partial charge in [0.1, 0.15) is 12.1 Å². The Balaban J connectivity index is 1.50. The van der Waals surface area contributed by atoms with E-state index in [0.29, 0.717) is 10.7 Å². The van der Waals surface area contributed by atoms with Crippen molar-refractivity contribution in [3.63, 3.8) is 0 Å². The van der Waals surface area contributed by atoms with Crippen molar-refractivity contribution in [3.8, 4) is 0 Å². The van der Waals surface area contributed by atoms with Gasteiger partial charge in [-0.1, -0.05) is 11.6 Å². The molecule has 1 aromatic carbocycles. The summed E-state index contributed by atoms with van der Waals surface area (Å²) in [4.78, 5) is 49.2. The minimum atomic E-state index is -0.957. The lowest BCUT2D eigenvalue weighted by molar-refractivity contribution is -0.150. The molecule has 2 aliphatic rings. The highest BCUT2D eigenvalue weighted by atomic mass is 35.5. The Kier molecular flexibility index (Phi) is 5.10. The lowest BCUT2D eigenvalue weighted by atomic mass is 9.96. The first kappa shape index (κ1) is 19.2. The molecule has 4 amide bonds. The van der Waals surface area contributed by atoms with Crippen molar-refractivity contribution in [1.29, 1.82) is 0 Å². The molecule has 2 N–H and O–H groups in total. The molecule has 2 fully saturated rings. The minimum Gasteiger partial charge on any atom is -0.454 e. The summed E-state index contributed by atoms with van der Waals surface area (Å²) in [7, 11) is 0. The van der Waals surface area contributed by atoms with Gasteiger partial charge in [0.15, 0.2) is 6.61 Å². The molecular formula is C18H20ClN3O5. The van der Waals surface area contributed by atoms with Crippen LogP contribution in [-0.2, 0) is 19.1 Å². The SMILES string of the molecule is Cc1cc(Cl)ccc1NC(=O)COC(=O)CN1C(=O)N[C@@](C)(C2CC2)C1=O. The van der Waals surface area contributed by atoms with Crippen LogP contribution in [0.4, 0.5) is 10.5 Å². The number of hydrogen-bond donors (Lipinski definition) is 2. The molecule has 0 spiro atoms. The maximum absolute atomic E-state index is 12.4. The molecule has 0 radical (unpaired) electrons. The average Bonchev–Trinajstić information content (AvgIpc) is 3.42. The third kappa shape index (κ3) is 4.05. The molecule has 8 nitrogen and oxygen atoms in total. The van der Waals surface area contributed by atoms with Crippen molar-refractivity contribution in [2.75, 3.05) is 18.5 Å². The molecule has 3 rings (SSSR count). The normalized spacial score (nSPS) is 21.8. The van der Waals surface area contributed by atoms with Gasteiger partial charge in [-0.15, -0.1) is 0 Å². The van der Waals surface area contributed by atoms with E-state index in [1.807, 2.05) is 0 Å². The summed E-state index contributed by atoms with van der Waals surface area (Å²) in [5, 5.41) is 5.80. The van der Waals surface area contributed by atoms with E-state index in [9.17, 15) is 19.2 Å². The zero-order valence-corrected chi connectivity index (χ0v) is 15.8. The van der Waals surface area contributed by atoms with Crippen molar-refractivity contribution < 1.29 is 23.9 Å². The van der Waals surface area contributed by atoms with E-state index in [1.165, 1.54) is 0 Å². The molecule has 0 unspecified atom stereocenters. The third-order valence-corrected chi connectivity index (χ3v) is 5.04. The van der Waals surface area contributed by atoms with Crippen molar-refractivity contribution >= 4 is 41.1 Å². The van der Waals surface area contributed by atoms with Crippen molar-refractivity contribution in [3.05, 3.63) is 28.8 Å². The number of benzene rings is 1. The molecule has 1 aliphatic carbocycles. The highest BCUT2D eigenvalue weighted by Gasteiger charge is 2.56. The summed E-state index contributed by atoms with van der Waals surface area (Å²) in [6.45, 7) is 2.39. The first-order valence-electron chi connectivity index (χ1n) is 8.56. The Bertz CT molecular complexity index is 823. The molecule has 1 heterocycles. The van der Waals surface area contributed by atoms with Crippen LogP contribution in [0.25, 0.3) is 0 Å². The molecule has 1 atom stereocenters. The number of urea groups is 1. The van der Waals surface area contributed by atoms with Crippen molar-refractivity contribution in [1.82, 2.24) is 10.2 Å². The number of ether oxygens (including phenoxy) is 1. The molecule has 9 heteroatoms. The number of amides is 4. The van der Waals surface area contributed by atoms with E-state index in [-0.39, 0.29) is 5.92 Å². The van der Waals surface area contributed by atoms with Gasteiger partial charge in [-0.3, -0.25) is 19.3 Å². The number of nitrogens with one attached hydrogen (secondary N) is 2. The van der Waals surface area contributed by atoms with Crippen LogP contribution in [0, 0.1) is 12.8 Å². The van der Waals surface area contributed by atoms with Crippen LogP contribution in [-0.4, -0.2) is 47.4 Å². The standard InChI is InChI=1S/C18H20ClN3O5/c1-10-7-12(19)5-6-13(10)20-14(23)9-27-15(24)8-22-16(25)18(2,11-3-4-11)21-17(22)26/h5-7,11H,3-4,8-9H2,1-2H3,(H,20,23)(H,21,26)/t18-/m0/s1.